The molecule has 0 atom stereocenters. The van der Waals surface area contributed by atoms with Gasteiger partial charge in [0.25, 0.3) is 0 Å². The monoisotopic (exact) mass is 316 g/mol. The number of anilines is 2. The van der Waals surface area contributed by atoms with E-state index in [1.807, 2.05) is 0 Å². The molecular formula is C17H17FN2O3. The van der Waals surface area contributed by atoms with Crippen LogP contribution in [0, 0.1) is 5.82 Å². The summed E-state index contributed by atoms with van der Waals surface area (Å²) in [7, 11) is 1.53. The lowest BCUT2D eigenvalue weighted by Crippen LogP contribution is -2.36. The minimum absolute atomic E-state index is 0.168. The summed E-state index contributed by atoms with van der Waals surface area (Å²) in [5.41, 5.74) is 1.02. The number of rotatable bonds is 5. The lowest BCUT2D eigenvalue weighted by molar-refractivity contribution is -0.120. The fourth-order valence-corrected chi connectivity index (χ4v) is 2.05. The molecule has 0 aromatic heterocycles. The summed E-state index contributed by atoms with van der Waals surface area (Å²) in [5, 5.41) is 2.70. The number of nitrogens with one attached hydrogen (secondary N) is 1. The van der Waals surface area contributed by atoms with Gasteiger partial charge in [-0.25, -0.2) is 4.39 Å². The molecule has 0 unspecified atom stereocenters. The number of hydrogen-bond donors (Lipinski definition) is 1. The normalized spacial score (nSPS) is 10.0. The molecule has 0 aliphatic rings. The van der Waals surface area contributed by atoms with Crippen LogP contribution in [0.5, 0.6) is 5.75 Å². The Morgan fingerprint density at radius 1 is 1.17 bits per heavy atom. The van der Waals surface area contributed by atoms with Crippen LogP contribution in [0.3, 0.4) is 0 Å². The molecule has 120 valence electrons. The van der Waals surface area contributed by atoms with Crippen molar-refractivity contribution in [2.45, 2.75) is 6.92 Å². The predicted molar refractivity (Wildman–Crippen MR) is 86.1 cm³/mol. The number of carbonyl (C=O) groups excluding carboxylic acids is 2. The summed E-state index contributed by atoms with van der Waals surface area (Å²) >= 11 is 0. The Balaban J connectivity index is 2.09. The van der Waals surface area contributed by atoms with E-state index in [4.69, 9.17) is 4.74 Å². The van der Waals surface area contributed by atoms with Crippen molar-refractivity contribution in [2.75, 3.05) is 23.9 Å². The average Bonchev–Trinajstić information content (AvgIpc) is 2.53. The number of amides is 2. The van der Waals surface area contributed by atoms with Crippen molar-refractivity contribution in [3.63, 3.8) is 0 Å². The van der Waals surface area contributed by atoms with Crippen LogP contribution in [0.4, 0.5) is 15.8 Å². The third-order valence-electron chi connectivity index (χ3n) is 3.17. The summed E-state index contributed by atoms with van der Waals surface area (Å²) in [5.74, 6) is -0.460. The second-order valence-corrected chi connectivity index (χ2v) is 4.86. The SMILES string of the molecule is COc1cccc(NC(=O)CN(C(C)=O)c2ccc(F)cc2)c1. The highest BCUT2D eigenvalue weighted by molar-refractivity contribution is 6.01. The molecule has 1 N–H and O–H groups in total. The smallest absolute Gasteiger partial charge is 0.244 e. The van der Waals surface area contributed by atoms with Crippen molar-refractivity contribution < 1.29 is 18.7 Å². The molecule has 2 rings (SSSR count). The second-order valence-electron chi connectivity index (χ2n) is 4.86. The first kappa shape index (κ1) is 16.5. The average molecular weight is 316 g/mol. The lowest BCUT2D eigenvalue weighted by atomic mass is 10.2. The molecule has 0 aliphatic heterocycles. The second kappa shape index (κ2) is 7.40. The lowest BCUT2D eigenvalue weighted by Gasteiger charge is -2.20. The van der Waals surface area contributed by atoms with Gasteiger partial charge in [-0.15, -0.1) is 0 Å². The molecule has 5 nitrogen and oxygen atoms in total. The van der Waals surface area contributed by atoms with Gasteiger partial charge in [0.2, 0.25) is 11.8 Å². The quantitative estimate of drug-likeness (QED) is 0.923. The van der Waals surface area contributed by atoms with Gasteiger partial charge >= 0.3 is 0 Å². The molecule has 6 heteroatoms. The van der Waals surface area contributed by atoms with Gasteiger partial charge in [-0.3, -0.25) is 9.59 Å². The minimum Gasteiger partial charge on any atom is -0.497 e. The maximum Gasteiger partial charge on any atom is 0.244 e. The van der Waals surface area contributed by atoms with Crippen LogP contribution in [0.2, 0.25) is 0 Å². The van der Waals surface area contributed by atoms with E-state index in [1.54, 1.807) is 24.3 Å². The van der Waals surface area contributed by atoms with E-state index in [0.717, 1.165) is 0 Å². The zero-order valence-electron chi connectivity index (χ0n) is 12.9. The molecule has 23 heavy (non-hydrogen) atoms. The van der Waals surface area contributed by atoms with E-state index in [1.165, 1.54) is 43.2 Å². The molecule has 0 saturated heterocycles. The summed E-state index contributed by atoms with van der Waals surface area (Å²) in [6, 6.07) is 12.3. The predicted octanol–water partition coefficient (Wildman–Crippen LogP) is 2.83. The van der Waals surface area contributed by atoms with Crippen LogP contribution < -0.4 is 15.0 Å². The zero-order chi connectivity index (χ0) is 16.8. The van der Waals surface area contributed by atoms with Crippen LogP contribution in [0.25, 0.3) is 0 Å². The van der Waals surface area contributed by atoms with Crippen molar-refractivity contribution in [1.29, 1.82) is 0 Å². The van der Waals surface area contributed by atoms with Gasteiger partial charge in [0, 0.05) is 24.4 Å². The van der Waals surface area contributed by atoms with Crippen molar-refractivity contribution in [1.82, 2.24) is 0 Å². The van der Waals surface area contributed by atoms with E-state index in [-0.39, 0.29) is 18.4 Å². The first-order valence-corrected chi connectivity index (χ1v) is 6.97. The number of carbonyl (C=O) groups is 2. The molecular weight excluding hydrogens is 299 g/mol. The van der Waals surface area contributed by atoms with Gasteiger partial charge in [-0.05, 0) is 36.4 Å². The van der Waals surface area contributed by atoms with Crippen LogP contribution >= 0.6 is 0 Å². The van der Waals surface area contributed by atoms with Gasteiger partial charge in [0.1, 0.15) is 18.1 Å². The largest absolute Gasteiger partial charge is 0.497 e. The van der Waals surface area contributed by atoms with Crippen LogP contribution in [-0.4, -0.2) is 25.5 Å². The molecule has 0 heterocycles. The number of nitrogens with zero attached hydrogens (tertiary/aromatic N) is 1. The Morgan fingerprint density at radius 3 is 2.48 bits per heavy atom. The van der Waals surface area contributed by atoms with E-state index >= 15 is 0 Å². The first-order valence-electron chi connectivity index (χ1n) is 6.97. The van der Waals surface area contributed by atoms with E-state index < -0.39 is 5.82 Å². The summed E-state index contributed by atoms with van der Waals surface area (Å²) < 4.78 is 18.1. The fraction of sp³-hybridized carbons (Fsp3) is 0.176. The third-order valence-corrected chi connectivity index (χ3v) is 3.17. The van der Waals surface area contributed by atoms with Gasteiger partial charge in [-0.1, -0.05) is 6.07 Å². The first-order chi connectivity index (χ1) is 11.0. The number of methoxy groups -OCH3 is 1. The summed E-state index contributed by atoms with van der Waals surface area (Å²) in [6.07, 6.45) is 0. The molecule has 0 bridgehead atoms. The van der Waals surface area contributed by atoms with Crippen molar-refractivity contribution >= 4 is 23.2 Å². The standard InChI is InChI=1S/C17H17FN2O3/c1-12(21)20(15-8-6-13(18)7-9-15)11-17(22)19-14-4-3-5-16(10-14)23-2/h3-10H,11H2,1-2H3,(H,19,22). The fourth-order valence-electron chi connectivity index (χ4n) is 2.05. The highest BCUT2D eigenvalue weighted by atomic mass is 19.1. The molecule has 0 radical (unpaired) electrons. The van der Waals surface area contributed by atoms with Gasteiger partial charge < -0.3 is 15.0 Å². The van der Waals surface area contributed by atoms with Crippen LogP contribution in [0.15, 0.2) is 48.5 Å². The molecule has 0 aliphatic carbocycles. The third kappa shape index (κ3) is 4.54. The molecule has 2 aromatic carbocycles. The Labute approximate surface area is 133 Å². The molecule has 2 amide bonds. The Bertz CT molecular complexity index is 701. The maximum absolute atomic E-state index is 13.0. The van der Waals surface area contributed by atoms with E-state index in [0.29, 0.717) is 17.1 Å². The van der Waals surface area contributed by atoms with Crippen molar-refractivity contribution in [3.05, 3.63) is 54.3 Å². The Hall–Kier alpha value is -2.89. The highest BCUT2D eigenvalue weighted by Crippen LogP contribution is 2.18. The number of benzene rings is 2. The van der Waals surface area contributed by atoms with Gasteiger partial charge in [-0.2, -0.15) is 0 Å². The minimum atomic E-state index is -0.405. The Morgan fingerprint density at radius 2 is 1.87 bits per heavy atom. The molecule has 0 saturated carbocycles. The van der Waals surface area contributed by atoms with Crippen molar-refractivity contribution in [2.24, 2.45) is 0 Å². The molecule has 2 aromatic rings. The number of halogens is 1. The highest BCUT2D eigenvalue weighted by Gasteiger charge is 2.16. The number of hydrogen-bond acceptors (Lipinski definition) is 3. The van der Waals surface area contributed by atoms with Crippen molar-refractivity contribution in [3.8, 4) is 5.75 Å². The number of ether oxygens (including phenoxy) is 1. The van der Waals surface area contributed by atoms with Gasteiger partial charge in [0.05, 0.1) is 7.11 Å². The molecule has 0 fully saturated rings. The van der Waals surface area contributed by atoms with E-state index in [2.05, 4.69) is 5.32 Å². The van der Waals surface area contributed by atoms with Gasteiger partial charge in [0.15, 0.2) is 0 Å². The topological polar surface area (TPSA) is 58.6 Å². The molecule has 0 spiro atoms. The zero-order valence-corrected chi connectivity index (χ0v) is 12.9. The van der Waals surface area contributed by atoms with Crippen LogP contribution in [0.1, 0.15) is 6.92 Å². The van der Waals surface area contributed by atoms with Crippen LogP contribution in [-0.2, 0) is 9.59 Å². The summed E-state index contributed by atoms with van der Waals surface area (Å²) in [6.45, 7) is 1.18. The maximum atomic E-state index is 13.0. The Kier molecular flexibility index (Phi) is 5.30. The van der Waals surface area contributed by atoms with E-state index in [9.17, 15) is 14.0 Å². The summed E-state index contributed by atoms with van der Waals surface area (Å²) in [4.78, 5) is 25.2.